The van der Waals surface area contributed by atoms with Crippen LogP contribution in [-0.2, 0) is 4.79 Å². The van der Waals surface area contributed by atoms with Gasteiger partial charge in [-0.25, -0.2) is 0 Å². The van der Waals surface area contributed by atoms with Gasteiger partial charge in [-0.15, -0.1) is 12.4 Å². The van der Waals surface area contributed by atoms with Crippen LogP contribution in [-0.4, -0.2) is 30.4 Å². The number of hydrogen-bond donors (Lipinski definition) is 1. The summed E-state index contributed by atoms with van der Waals surface area (Å²) in [5, 5.41) is 0. The number of carbonyl (C=O) groups excluding carboxylic acids is 1. The molecule has 0 aromatic carbocycles. The van der Waals surface area contributed by atoms with E-state index in [0.717, 1.165) is 57.2 Å². The third-order valence-corrected chi connectivity index (χ3v) is 4.02. The van der Waals surface area contributed by atoms with Crippen LogP contribution in [0, 0.1) is 11.8 Å². The number of nitrogens with zero attached hydrogens (tertiary/aromatic N) is 1. The molecule has 0 aliphatic carbocycles. The van der Waals surface area contributed by atoms with Crippen LogP contribution in [0.1, 0.15) is 65.2 Å². The summed E-state index contributed by atoms with van der Waals surface area (Å²) in [7, 11) is 0. The van der Waals surface area contributed by atoms with Crippen molar-refractivity contribution >= 4 is 18.3 Å². The molecule has 1 aliphatic rings. The van der Waals surface area contributed by atoms with Crippen molar-refractivity contribution in [3.8, 4) is 0 Å². The second-order valence-electron chi connectivity index (χ2n) is 6.43. The van der Waals surface area contributed by atoms with Gasteiger partial charge in [-0.2, -0.15) is 0 Å². The van der Waals surface area contributed by atoms with Gasteiger partial charge in [0.25, 0.3) is 0 Å². The zero-order valence-electron chi connectivity index (χ0n) is 13.3. The number of piperidine rings is 1. The van der Waals surface area contributed by atoms with Crippen LogP contribution in [0.2, 0.25) is 0 Å². The number of unbranched alkanes of at least 4 members (excludes halogenated alkanes) is 3. The smallest absolute Gasteiger partial charge is 0.222 e. The number of hydrogen-bond acceptors (Lipinski definition) is 2. The molecular formula is C16H33ClN2O. The van der Waals surface area contributed by atoms with Gasteiger partial charge in [-0.05, 0) is 50.5 Å². The molecule has 0 radical (unpaired) electrons. The third-order valence-electron chi connectivity index (χ3n) is 4.02. The lowest BCUT2D eigenvalue weighted by Gasteiger charge is -2.33. The summed E-state index contributed by atoms with van der Waals surface area (Å²) < 4.78 is 0. The van der Waals surface area contributed by atoms with Gasteiger partial charge in [0.2, 0.25) is 5.91 Å². The number of halogens is 1. The summed E-state index contributed by atoms with van der Waals surface area (Å²) in [6, 6.07) is 0. The maximum atomic E-state index is 12.2. The standard InChI is InChI=1S/C16H32N2O.ClH/c1-14(2)12-15-8-7-11-18(13-15)16(19)9-5-3-4-6-10-17;/h14-15H,3-13,17H2,1-2H3;1H. The number of rotatable bonds is 8. The quantitative estimate of drug-likeness (QED) is 0.696. The van der Waals surface area contributed by atoms with Crippen LogP contribution in [0.4, 0.5) is 0 Å². The van der Waals surface area contributed by atoms with Crippen LogP contribution >= 0.6 is 12.4 Å². The molecule has 1 heterocycles. The molecule has 0 bridgehead atoms. The molecule has 1 atom stereocenters. The maximum absolute atomic E-state index is 12.2. The van der Waals surface area contributed by atoms with Crippen molar-refractivity contribution in [2.45, 2.75) is 65.2 Å². The van der Waals surface area contributed by atoms with Crippen LogP contribution in [0.25, 0.3) is 0 Å². The molecule has 1 saturated heterocycles. The summed E-state index contributed by atoms with van der Waals surface area (Å²) in [5.74, 6) is 1.85. The second-order valence-corrected chi connectivity index (χ2v) is 6.43. The van der Waals surface area contributed by atoms with Crippen molar-refractivity contribution < 1.29 is 4.79 Å². The monoisotopic (exact) mass is 304 g/mol. The molecule has 120 valence electrons. The fourth-order valence-electron chi connectivity index (χ4n) is 3.08. The van der Waals surface area contributed by atoms with Crippen molar-refractivity contribution in [3.63, 3.8) is 0 Å². The van der Waals surface area contributed by atoms with Crippen LogP contribution < -0.4 is 5.73 Å². The van der Waals surface area contributed by atoms with Gasteiger partial charge >= 0.3 is 0 Å². The molecule has 1 fully saturated rings. The van der Waals surface area contributed by atoms with E-state index in [9.17, 15) is 4.79 Å². The van der Waals surface area contributed by atoms with E-state index in [1.807, 2.05) is 0 Å². The lowest BCUT2D eigenvalue weighted by atomic mass is 9.89. The second kappa shape index (κ2) is 11.4. The fourth-order valence-corrected chi connectivity index (χ4v) is 3.08. The molecule has 1 rings (SSSR count). The number of carbonyl (C=O) groups is 1. The summed E-state index contributed by atoms with van der Waals surface area (Å²) in [5.41, 5.74) is 5.47. The van der Waals surface area contributed by atoms with Crippen molar-refractivity contribution in [1.82, 2.24) is 4.90 Å². The Morgan fingerprint density at radius 2 is 1.95 bits per heavy atom. The van der Waals surface area contributed by atoms with Crippen LogP contribution in [0.15, 0.2) is 0 Å². The van der Waals surface area contributed by atoms with Crippen LogP contribution in [0.5, 0.6) is 0 Å². The highest BCUT2D eigenvalue weighted by molar-refractivity contribution is 5.85. The van der Waals surface area contributed by atoms with E-state index in [1.165, 1.54) is 25.7 Å². The summed E-state index contributed by atoms with van der Waals surface area (Å²) >= 11 is 0. The highest BCUT2D eigenvalue weighted by Gasteiger charge is 2.23. The van der Waals surface area contributed by atoms with E-state index in [0.29, 0.717) is 5.91 Å². The fraction of sp³-hybridized carbons (Fsp3) is 0.938. The predicted molar refractivity (Wildman–Crippen MR) is 88.1 cm³/mol. The van der Waals surface area contributed by atoms with Gasteiger partial charge in [-0.1, -0.05) is 26.7 Å². The molecule has 1 aliphatic heterocycles. The SMILES string of the molecule is CC(C)CC1CCCN(C(=O)CCCCCCN)C1.Cl. The molecule has 3 nitrogen and oxygen atoms in total. The molecule has 0 aromatic heterocycles. The number of nitrogens with two attached hydrogens (primary N) is 1. The Labute approximate surface area is 131 Å². The summed E-state index contributed by atoms with van der Waals surface area (Å²) in [6.07, 6.45) is 8.93. The van der Waals surface area contributed by atoms with Gasteiger partial charge < -0.3 is 10.6 Å². The minimum Gasteiger partial charge on any atom is -0.342 e. The maximum Gasteiger partial charge on any atom is 0.222 e. The summed E-state index contributed by atoms with van der Waals surface area (Å²) in [6.45, 7) is 7.31. The molecule has 0 saturated carbocycles. The Bertz CT molecular complexity index is 259. The first-order valence-electron chi connectivity index (χ1n) is 8.11. The van der Waals surface area contributed by atoms with Gasteiger partial charge in [0.15, 0.2) is 0 Å². The highest BCUT2D eigenvalue weighted by atomic mass is 35.5. The van der Waals surface area contributed by atoms with Gasteiger partial charge in [-0.3, -0.25) is 4.79 Å². The molecule has 4 heteroatoms. The third kappa shape index (κ3) is 8.11. The van der Waals surface area contributed by atoms with E-state index in [-0.39, 0.29) is 12.4 Å². The Hall–Kier alpha value is -0.280. The molecule has 0 spiro atoms. The molecular weight excluding hydrogens is 272 g/mol. The summed E-state index contributed by atoms with van der Waals surface area (Å²) in [4.78, 5) is 14.3. The molecule has 2 N–H and O–H groups in total. The van der Waals surface area contributed by atoms with Crippen molar-refractivity contribution in [2.75, 3.05) is 19.6 Å². The molecule has 20 heavy (non-hydrogen) atoms. The minimum atomic E-state index is 0. The van der Waals surface area contributed by atoms with Crippen molar-refractivity contribution in [3.05, 3.63) is 0 Å². The van der Waals surface area contributed by atoms with E-state index in [1.54, 1.807) is 0 Å². The molecule has 0 aromatic rings. The van der Waals surface area contributed by atoms with E-state index in [2.05, 4.69) is 18.7 Å². The van der Waals surface area contributed by atoms with E-state index >= 15 is 0 Å². The largest absolute Gasteiger partial charge is 0.342 e. The van der Waals surface area contributed by atoms with E-state index in [4.69, 9.17) is 5.73 Å². The number of amides is 1. The van der Waals surface area contributed by atoms with Gasteiger partial charge in [0.05, 0.1) is 0 Å². The average Bonchev–Trinajstić information content (AvgIpc) is 2.38. The first kappa shape index (κ1) is 19.7. The van der Waals surface area contributed by atoms with Gasteiger partial charge in [0.1, 0.15) is 0 Å². The Balaban J connectivity index is 0.00000361. The lowest BCUT2D eigenvalue weighted by molar-refractivity contribution is -0.133. The van der Waals surface area contributed by atoms with Crippen LogP contribution in [0.3, 0.4) is 0 Å². The lowest BCUT2D eigenvalue weighted by Crippen LogP contribution is -2.40. The molecule has 1 unspecified atom stereocenters. The normalized spacial score (nSPS) is 19.0. The average molecular weight is 305 g/mol. The predicted octanol–water partition coefficient (Wildman–Crippen LogP) is 3.60. The zero-order chi connectivity index (χ0) is 14.1. The van der Waals surface area contributed by atoms with Crippen molar-refractivity contribution in [2.24, 2.45) is 17.6 Å². The van der Waals surface area contributed by atoms with E-state index < -0.39 is 0 Å². The minimum absolute atomic E-state index is 0. The Kier molecular flexibility index (Phi) is 11.2. The zero-order valence-corrected chi connectivity index (χ0v) is 14.1. The van der Waals surface area contributed by atoms with Crippen molar-refractivity contribution in [1.29, 1.82) is 0 Å². The first-order valence-corrected chi connectivity index (χ1v) is 8.11. The highest BCUT2D eigenvalue weighted by Crippen LogP contribution is 2.23. The van der Waals surface area contributed by atoms with Gasteiger partial charge in [0, 0.05) is 19.5 Å². The Morgan fingerprint density at radius 1 is 1.25 bits per heavy atom. The topological polar surface area (TPSA) is 46.3 Å². The first-order chi connectivity index (χ1) is 9.13. The molecule has 1 amide bonds. The number of likely N-dealkylation sites (tertiary alicyclic amines) is 1. The Morgan fingerprint density at radius 3 is 2.60 bits per heavy atom.